The molecule has 16 heavy (non-hydrogen) atoms. The van der Waals surface area contributed by atoms with Crippen molar-refractivity contribution in [2.45, 2.75) is 39.8 Å². The van der Waals surface area contributed by atoms with Crippen molar-refractivity contribution in [3.63, 3.8) is 0 Å². The third kappa shape index (κ3) is 5.99. The fraction of sp³-hybridized carbons (Fsp3) is 0.538. The molecule has 0 radical (unpaired) electrons. The van der Waals surface area contributed by atoms with Gasteiger partial charge in [0.05, 0.1) is 6.61 Å². The zero-order valence-corrected chi connectivity index (χ0v) is 11.4. The van der Waals surface area contributed by atoms with Gasteiger partial charge in [-0.05, 0) is 45.4 Å². The standard InChI is InChI=1S/C13H21NO.ClH/c1-5-15-12-8-6-11(7-9-12)10-14-13(2,3)4;/h6-9,14H,5,10H2,1-4H3;1H. The van der Waals surface area contributed by atoms with Crippen molar-refractivity contribution in [1.29, 1.82) is 0 Å². The average Bonchev–Trinajstić information content (AvgIpc) is 2.16. The van der Waals surface area contributed by atoms with Crippen LogP contribution in [0.4, 0.5) is 0 Å². The molecule has 0 fully saturated rings. The van der Waals surface area contributed by atoms with E-state index in [0.29, 0.717) is 0 Å². The summed E-state index contributed by atoms with van der Waals surface area (Å²) in [6.45, 7) is 10.1. The van der Waals surface area contributed by atoms with Crippen molar-refractivity contribution in [3.8, 4) is 5.75 Å². The van der Waals surface area contributed by atoms with E-state index < -0.39 is 0 Å². The zero-order valence-electron chi connectivity index (χ0n) is 10.5. The average molecular weight is 244 g/mol. The van der Waals surface area contributed by atoms with E-state index in [1.54, 1.807) is 0 Å². The van der Waals surface area contributed by atoms with Crippen LogP contribution in [0.1, 0.15) is 33.3 Å². The summed E-state index contributed by atoms with van der Waals surface area (Å²) in [5.41, 5.74) is 1.45. The smallest absolute Gasteiger partial charge is 0.119 e. The normalized spacial score (nSPS) is 10.8. The summed E-state index contributed by atoms with van der Waals surface area (Å²) in [6, 6.07) is 8.24. The predicted octanol–water partition coefficient (Wildman–Crippen LogP) is 3.40. The Morgan fingerprint density at radius 1 is 1.12 bits per heavy atom. The van der Waals surface area contributed by atoms with Gasteiger partial charge >= 0.3 is 0 Å². The maximum absolute atomic E-state index is 5.39. The van der Waals surface area contributed by atoms with Crippen molar-refractivity contribution in [2.24, 2.45) is 0 Å². The van der Waals surface area contributed by atoms with Gasteiger partial charge in [0.15, 0.2) is 0 Å². The zero-order chi connectivity index (χ0) is 11.3. The Hall–Kier alpha value is -0.730. The highest BCUT2D eigenvalue weighted by molar-refractivity contribution is 5.85. The van der Waals surface area contributed by atoms with Gasteiger partial charge in [0.25, 0.3) is 0 Å². The van der Waals surface area contributed by atoms with Gasteiger partial charge in [-0.2, -0.15) is 0 Å². The third-order valence-corrected chi connectivity index (χ3v) is 2.06. The van der Waals surface area contributed by atoms with E-state index in [1.165, 1.54) is 5.56 Å². The van der Waals surface area contributed by atoms with Crippen LogP contribution < -0.4 is 10.1 Å². The Morgan fingerprint density at radius 2 is 1.69 bits per heavy atom. The highest BCUT2D eigenvalue weighted by Crippen LogP contribution is 2.12. The Kier molecular flexibility index (Phi) is 6.46. The minimum Gasteiger partial charge on any atom is -0.494 e. The van der Waals surface area contributed by atoms with Gasteiger partial charge < -0.3 is 10.1 Å². The van der Waals surface area contributed by atoms with Crippen LogP contribution in [0.3, 0.4) is 0 Å². The number of nitrogens with one attached hydrogen (secondary N) is 1. The molecule has 0 aliphatic rings. The van der Waals surface area contributed by atoms with Gasteiger partial charge in [0, 0.05) is 12.1 Å². The lowest BCUT2D eigenvalue weighted by atomic mass is 10.1. The quantitative estimate of drug-likeness (QED) is 0.875. The first-order valence-electron chi connectivity index (χ1n) is 5.48. The third-order valence-electron chi connectivity index (χ3n) is 2.06. The molecule has 0 unspecified atom stereocenters. The van der Waals surface area contributed by atoms with E-state index >= 15 is 0 Å². The number of hydrogen-bond acceptors (Lipinski definition) is 2. The molecule has 2 nitrogen and oxygen atoms in total. The van der Waals surface area contributed by atoms with Crippen LogP contribution in [0.5, 0.6) is 5.75 Å². The minimum atomic E-state index is 0. The lowest BCUT2D eigenvalue weighted by Crippen LogP contribution is -2.34. The second-order valence-corrected chi connectivity index (χ2v) is 4.68. The van der Waals surface area contributed by atoms with Crippen LogP contribution in [0.15, 0.2) is 24.3 Å². The summed E-state index contributed by atoms with van der Waals surface area (Å²) in [7, 11) is 0. The number of ether oxygens (including phenoxy) is 1. The van der Waals surface area contributed by atoms with Gasteiger partial charge in [-0.1, -0.05) is 12.1 Å². The molecule has 1 aromatic rings. The Labute approximate surface area is 105 Å². The van der Waals surface area contributed by atoms with Gasteiger partial charge in [0.1, 0.15) is 5.75 Å². The molecule has 1 rings (SSSR count). The molecule has 0 spiro atoms. The maximum atomic E-state index is 5.39. The Morgan fingerprint density at radius 3 is 2.12 bits per heavy atom. The fourth-order valence-electron chi connectivity index (χ4n) is 1.24. The van der Waals surface area contributed by atoms with Crippen molar-refractivity contribution in [2.75, 3.05) is 6.61 Å². The molecule has 1 N–H and O–H groups in total. The first kappa shape index (κ1) is 15.3. The second kappa shape index (κ2) is 6.77. The SMILES string of the molecule is CCOc1ccc(CNC(C)(C)C)cc1.Cl. The largest absolute Gasteiger partial charge is 0.494 e. The molecule has 0 heterocycles. The summed E-state index contributed by atoms with van der Waals surface area (Å²) in [5, 5.41) is 3.45. The molecule has 0 saturated heterocycles. The molecule has 0 bridgehead atoms. The molecule has 0 aliphatic carbocycles. The molecule has 0 saturated carbocycles. The number of hydrogen-bond donors (Lipinski definition) is 1. The van der Waals surface area contributed by atoms with Gasteiger partial charge in [-0.3, -0.25) is 0 Å². The number of halogens is 1. The van der Waals surface area contributed by atoms with E-state index in [0.717, 1.165) is 18.9 Å². The summed E-state index contributed by atoms with van der Waals surface area (Å²) >= 11 is 0. The van der Waals surface area contributed by atoms with E-state index in [4.69, 9.17) is 4.74 Å². The molecule has 0 aromatic heterocycles. The summed E-state index contributed by atoms with van der Waals surface area (Å²) in [4.78, 5) is 0. The van der Waals surface area contributed by atoms with Crippen LogP contribution in [0, 0.1) is 0 Å². The molecular formula is C13H22ClNO. The Balaban J connectivity index is 0.00000225. The number of rotatable bonds is 4. The van der Waals surface area contributed by atoms with Crippen molar-refractivity contribution >= 4 is 12.4 Å². The fourth-order valence-corrected chi connectivity index (χ4v) is 1.24. The van der Waals surface area contributed by atoms with E-state index in [9.17, 15) is 0 Å². The van der Waals surface area contributed by atoms with Gasteiger partial charge in [-0.15, -0.1) is 12.4 Å². The molecule has 3 heteroatoms. The van der Waals surface area contributed by atoms with Gasteiger partial charge in [-0.25, -0.2) is 0 Å². The molecular weight excluding hydrogens is 222 g/mol. The van der Waals surface area contributed by atoms with E-state index in [1.807, 2.05) is 19.1 Å². The molecule has 1 aromatic carbocycles. The molecule has 0 amide bonds. The molecule has 0 atom stereocenters. The van der Waals surface area contributed by atoms with Crippen LogP contribution >= 0.6 is 12.4 Å². The van der Waals surface area contributed by atoms with Crippen LogP contribution in [0.2, 0.25) is 0 Å². The van der Waals surface area contributed by atoms with Crippen LogP contribution in [-0.2, 0) is 6.54 Å². The van der Waals surface area contributed by atoms with Crippen LogP contribution in [-0.4, -0.2) is 12.1 Å². The minimum absolute atomic E-state index is 0. The molecule has 92 valence electrons. The van der Waals surface area contributed by atoms with E-state index in [2.05, 4.69) is 38.2 Å². The first-order valence-corrected chi connectivity index (χ1v) is 5.48. The second-order valence-electron chi connectivity index (χ2n) is 4.68. The van der Waals surface area contributed by atoms with Crippen LogP contribution in [0.25, 0.3) is 0 Å². The summed E-state index contributed by atoms with van der Waals surface area (Å²) < 4.78 is 5.39. The van der Waals surface area contributed by atoms with Crippen molar-refractivity contribution < 1.29 is 4.74 Å². The number of benzene rings is 1. The Bertz CT molecular complexity index is 290. The topological polar surface area (TPSA) is 21.3 Å². The van der Waals surface area contributed by atoms with E-state index in [-0.39, 0.29) is 17.9 Å². The first-order chi connectivity index (χ1) is 7.01. The maximum Gasteiger partial charge on any atom is 0.119 e. The molecule has 0 aliphatic heterocycles. The highest BCUT2D eigenvalue weighted by atomic mass is 35.5. The predicted molar refractivity (Wildman–Crippen MR) is 71.5 cm³/mol. The summed E-state index contributed by atoms with van der Waals surface area (Å²) in [6.07, 6.45) is 0. The lowest BCUT2D eigenvalue weighted by molar-refractivity contribution is 0.340. The van der Waals surface area contributed by atoms with Crippen molar-refractivity contribution in [1.82, 2.24) is 5.32 Å². The van der Waals surface area contributed by atoms with Crippen molar-refractivity contribution in [3.05, 3.63) is 29.8 Å². The summed E-state index contributed by atoms with van der Waals surface area (Å²) in [5.74, 6) is 0.942. The van der Waals surface area contributed by atoms with Gasteiger partial charge in [0.2, 0.25) is 0 Å². The highest BCUT2D eigenvalue weighted by Gasteiger charge is 2.07. The monoisotopic (exact) mass is 243 g/mol. The lowest BCUT2D eigenvalue weighted by Gasteiger charge is -2.20.